The zero-order valence-electron chi connectivity index (χ0n) is 10.5. The summed E-state index contributed by atoms with van der Waals surface area (Å²) in [5, 5.41) is 10.5. The average Bonchev–Trinajstić information content (AvgIpc) is 2.38. The highest BCUT2D eigenvalue weighted by Crippen LogP contribution is 2.19. The second-order valence-corrected chi connectivity index (χ2v) is 4.30. The van der Waals surface area contributed by atoms with Gasteiger partial charge in [0, 0.05) is 20.1 Å². The number of carbonyl (C=O) groups is 2. The van der Waals surface area contributed by atoms with Gasteiger partial charge in [0.2, 0.25) is 0 Å². The zero-order chi connectivity index (χ0) is 15.3. The number of benzene rings is 1. The van der Waals surface area contributed by atoms with Crippen molar-refractivity contribution in [2.45, 2.75) is 12.5 Å². The van der Waals surface area contributed by atoms with E-state index in [1.165, 1.54) is 7.11 Å². The van der Waals surface area contributed by atoms with Gasteiger partial charge in [0.25, 0.3) is 5.91 Å². The number of hydrogen-bond donors (Lipinski definition) is 2. The summed E-state index contributed by atoms with van der Waals surface area (Å²) in [7, 11) is 1.37. The molecule has 0 saturated heterocycles. The van der Waals surface area contributed by atoms with Gasteiger partial charge in [-0.1, -0.05) is 11.6 Å². The Hall–Kier alpha value is -1.73. The first-order valence-electron chi connectivity index (χ1n) is 5.54. The molecule has 8 heteroatoms. The van der Waals surface area contributed by atoms with Crippen molar-refractivity contribution in [3.05, 3.63) is 34.4 Å². The standard InChI is InChI=1S/C12H12ClF2NO4/c1-20-3-2-10(12(18)19)16-11(17)6-4-9(15)7(13)5-8(6)14/h4-5,10H,2-3H2,1H3,(H,16,17)(H,18,19). The number of nitrogens with one attached hydrogen (secondary N) is 1. The predicted octanol–water partition coefficient (Wildman–Crippen LogP) is 1.84. The highest BCUT2D eigenvalue weighted by atomic mass is 35.5. The number of aliphatic carboxylic acids is 1. The maximum absolute atomic E-state index is 13.5. The fraction of sp³-hybridized carbons (Fsp3) is 0.333. The number of hydrogen-bond acceptors (Lipinski definition) is 3. The fourth-order valence-corrected chi connectivity index (χ4v) is 1.58. The summed E-state index contributed by atoms with van der Waals surface area (Å²) >= 11 is 5.36. The quantitative estimate of drug-likeness (QED) is 0.786. The molecule has 0 aliphatic rings. The number of carboxylic acid groups (broad SMARTS) is 1. The Bertz CT molecular complexity index is 524. The molecule has 1 atom stereocenters. The molecule has 1 rings (SSSR count). The van der Waals surface area contributed by atoms with Crippen molar-refractivity contribution in [2.24, 2.45) is 0 Å². The fourth-order valence-electron chi connectivity index (χ4n) is 1.43. The molecule has 110 valence electrons. The number of carboxylic acids is 1. The molecule has 0 spiro atoms. The topological polar surface area (TPSA) is 75.6 Å². The maximum Gasteiger partial charge on any atom is 0.326 e. The number of amides is 1. The number of halogens is 3. The van der Waals surface area contributed by atoms with Crippen molar-refractivity contribution in [1.82, 2.24) is 5.32 Å². The van der Waals surface area contributed by atoms with E-state index in [9.17, 15) is 18.4 Å². The van der Waals surface area contributed by atoms with E-state index in [4.69, 9.17) is 21.4 Å². The van der Waals surface area contributed by atoms with Gasteiger partial charge in [0.15, 0.2) is 0 Å². The van der Waals surface area contributed by atoms with E-state index in [1.807, 2.05) is 0 Å². The van der Waals surface area contributed by atoms with E-state index >= 15 is 0 Å². The van der Waals surface area contributed by atoms with Gasteiger partial charge >= 0.3 is 5.97 Å². The molecule has 2 N–H and O–H groups in total. The van der Waals surface area contributed by atoms with Crippen LogP contribution in [-0.4, -0.2) is 36.7 Å². The van der Waals surface area contributed by atoms with Crippen molar-refractivity contribution < 1.29 is 28.2 Å². The van der Waals surface area contributed by atoms with Crippen LogP contribution in [-0.2, 0) is 9.53 Å². The lowest BCUT2D eigenvalue weighted by Crippen LogP contribution is -2.41. The van der Waals surface area contributed by atoms with E-state index in [0.717, 1.165) is 0 Å². The Morgan fingerprint density at radius 1 is 1.40 bits per heavy atom. The Balaban J connectivity index is 2.89. The van der Waals surface area contributed by atoms with Gasteiger partial charge < -0.3 is 15.2 Å². The smallest absolute Gasteiger partial charge is 0.326 e. The normalized spacial score (nSPS) is 12.0. The van der Waals surface area contributed by atoms with Crippen molar-refractivity contribution in [1.29, 1.82) is 0 Å². The summed E-state index contributed by atoms with van der Waals surface area (Å²) < 4.78 is 31.4. The van der Waals surface area contributed by atoms with Crippen LogP contribution in [0.5, 0.6) is 0 Å². The maximum atomic E-state index is 13.5. The third-order valence-electron chi connectivity index (χ3n) is 2.47. The van der Waals surface area contributed by atoms with Gasteiger partial charge in [-0.25, -0.2) is 13.6 Å². The van der Waals surface area contributed by atoms with Gasteiger partial charge in [0.05, 0.1) is 10.6 Å². The third kappa shape index (κ3) is 4.14. The summed E-state index contributed by atoms with van der Waals surface area (Å²) in [6, 6.07) is -0.000485. The van der Waals surface area contributed by atoms with E-state index in [0.29, 0.717) is 12.1 Å². The molecule has 1 aromatic carbocycles. The van der Waals surface area contributed by atoms with Crippen molar-refractivity contribution >= 4 is 23.5 Å². The zero-order valence-corrected chi connectivity index (χ0v) is 11.2. The molecule has 0 heterocycles. The molecule has 1 unspecified atom stereocenters. The van der Waals surface area contributed by atoms with Crippen molar-refractivity contribution in [2.75, 3.05) is 13.7 Å². The first kappa shape index (κ1) is 16.3. The molecule has 1 amide bonds. The SMILES string of the molecule is COCCC(NC(=O)c1cc(F)c(Cl)cc1F)C(=O)O. The van der Waals surface area contributed by atoms with Crippen LogP contribution in [0.15, 0.2) is 12.1 Å². The molecule has 0 fully saturated rings. The molecule has 0 aromatic heterocycles. The lowest BCUT2D eigenvalue weighted by molar-refractivity contribution is -0.139. The van der Waals surface area contributed by atoms with Gasteiger partial charge in [-0.05, 0) is 12.1 Å². The monoisotopic (exact) mass is 307 g/mol. The highest BCUT2D eigenvalue weighted by Gasteiger charge is 2.23. The van der Waals surface area contributed by atoms with Crippen LogP contribution < -0.4 is 5.32 Å². The Morgan fingerprint density at radius 3 is 2.60 bits per heavy atom. The summed E-state index contributed by atoms with van der Waals surface area (Å²) in [4.78, 5) is 22.7. The van der Waals surface area contributed by atoms with Crippen LogP contribution in [0.4, 0.5) is 8.78 Å². The van der Waals surface area contributed by atoms with Gasteiger partial charge in [-0.15, -0.1) is 0 Å². The average molecular weight is 308 g/mol. The van der Waals surface area contributed by atoms with Crippen LogP contribution in [0.1, 0.15) is 16.8 Å². The largest absolute Gasteiger partial charge is 0.480 e. The van der Waals surface area contributed by atoms with Gasteiger partial charge in [0.1, 0.15) is 17.7 Å². The Labute approximate surface area is 118 Å². The van der Waals surface area contributed by atoms with Crippen molar-refractivity contribution in [3.8, 4) is 0 Å². The number of methoxy groups -OCH3 is 1. The second kappa shape index (κ2) is 7.16. The van der Waals surface area contributed by atoms with Crippen LogP contribution in [0.2, 0.25) is 5.02 Å². The minimum atomic E-state index is -1.30. The first-order chi connectivity index (χ1) is 9.36. The Kier molecular flexibility index (Phi) is 5.84. The molecular weight excluding hydrogens is 296 g/mol. The molecule has 5 nitrogen and oxygen atoms in total. The minimum Gasteiger partial charge on any atom is -0.480 e. The third-order valence-corrected chi connectivity index (χ3v) is 2.76. The molecule has 20 heavy (non-hydrogen) atoms. The van der Waals surface area contributed by atoms with Crippen LogP contribution in [0.25, 0.3) is 0 Å². The molecule has 0 aliphatic carbocycles. The predicted molar refractivity (Wildman–Crippen MR) is 66.8 cm³/mol. The molecule has 0 aliphatic heterocycles. The van der Waals surface area contributed by atoms with Crippen LogP contribution in [0, 0.1) is 11.6 Å². The van der Waals surface area contributed by atoms with Crippen LogP contribution >= 0.6 is 11.6 Å². The van der Waals surface area contributed by atoms with E-state index in [2.05, 4.69) is 5.32 Å². The van der Waals surface area contributed by atoms with E-state index in [1.54, 1.807) is 0 Å². The van der Waals surface area contributed by atoms with Crippen molar-refractivity contribution in [3.63, 3.8) is 0 Å². The lowest BCUT2D eigenvalue weighted by atomic mass is 10.1. The number of rotatable bonds is 6. The molecule has 0 radical (unpaired) electrons. The molecule has 1 aromatic rings. The summed E-state index contributed by atoms with van der Waals surface area (Å²) in [6.07, 6.45) is -0.00470. The molecule has 0 bridgehead atoms. The van der Waals surface area contributed by atoms with Gasteiger partial charge in [-0.2, -0.15) is 0 Å². The van der Waals surface area contributed by atoms with Crippen LogP contribution in [0.3, 0.4) is 0 Å². The first-order valence-corrected chi connectivity index (χ1v) is 5.91. The number of ether oxygens (including phenoxy) is 1. The summed E-state index contributed by atoms with van der Waals surface area (Å²) in [6.45, 7) is 0.0920. The van der Waals surface area contributed by atoms with Gasteiger partial charge in [-0.3, -0.25) is 4.79 Å². The summed E-state index contributed by atoms with van der Waals surface area (Å²) in [5.41, 5.74) is -0.615. The molecular formula is C12H12ClF2NO4. The second-order valence-electron chi connectivity index (χ2n) is 3.89. The Morgan fingerprint density at radius 2 is 2.05 bits per heavy atom. The van der Waals surface area contributed by atoms with E-state index in [-0.39, 0.29) is 13.0 Å². The summed E-state index contributed by atoms with van der Waals surface area (Å²) in [5.74, 6) is -4.35. The molecule has 0 saturated carbocycles. The number of carbonyl (C=O) groups excluding carboxylic acids is 1. The lowest BCUT2D eigenvalue weighted by Gasteiger charge is -2.14. The van der Waals surface area contributed by atoms with E-state index < -0.39 is 40.1 Å². The highest BCUT2D eigenvalue weighted by molar-refractivity contribution is 6.30. The minimum absolute atomic E-state index is 0.00470.